The zero-order valence-corrected chi connectivity index (χ0v) is 18.1. The van der Waals surface area contributed by atoms with Crippen LogP contribution in [0.3, 0.4) is 0 Å². The third-order valence-electron chi connectivity index (χ3n) is 6.38. The predicted octanol–water partition coefficient (Wildman–Crippen LogP) is 2.44. The number of rotatable bonds is 3. The number of piperidine rings is 1. The first kappa shape index (κ1) is 19.5. The molecule has 7 nitrogen and oxygen atoms in total. The third-order valence-corrected chi connectivity index (χ3v) is 7.30. The summed E-state index contributed by atoms with van der Waals surface area (Å²) in [7, 11) is 0. The average Bonchev–Trinajstić information content (AvgIpc) is 3.40. The topological polar surface area (TPSA) is 61.3 Å². The largest absolute Gasteiger partial charge is 0.389 e. The number of hydrogen-bond donors (Lipinski definition) is 0. The van der Waals surface area contributed by atoms with E-state index in [0.717, 1.165) is 69.3 Å². The van der Waals surface area contributed by atoms with Gasteiger partial charge in [-0.3, -0.25) is 9.69 Å². The molecule has 2 atom stereocenters. The van der Waals surface area contributed by atoms with Crippen LogP contribution < -0.4 is 0 Å². The molecule has 3 aliphatic rings. The highest BCUT2D eigenvalue weighted by Gasteiger charge is 2.42. The van der Waals surface area contributed by atoms with Crippen LogP contribution in [-0.2, 0) is 11.4 Å². The van der Waals surface area contributed by atoms with Gasteiger partial charge in [0.05, 0.1) is 17.1 Å². The van der Waals surface area contributed by atoms with Crippen molar-refractivity contribution < 1.29 is 9.63 Å². The van der Waals surface area contributed by atoms with Crippen molar-refractivity contribution in [3.63, 3.8) is 0 Å². The van der Waals surface area contributed by atoms with Crippen molar-refractivity contribution in [3.8, 4) is 0 Å². The van der Waals surface area contributed by atoms with Crippen molar-refractivity contribution in [2.24, 2.45) is 11.1 Å². The van der Waals surface area contributed by atoms with E-state index in [4.69, 9.17) is 4.84 Å². The molecule has 3 aliphatic heterocycles. The number of aromatic nitrogens is 1. The highest BCUT2D eigenvalue weighted by Crippen LogP contribution is 2.30. The van der Waals surface area contributed by atoms with Gasteiger partial charge in [-0.2, -0.15) is 0 Å². The van der Waals surface area contributed by atoms with Gasteiger partial charge in [0.1, 0.15) is 6.10 Å². The molecule has 2 aromatic rings. The number of benzene rings is 1. The number of hydrogen-bond acceptors (Lipinski definition) is 7. The van der Waals surface area contributed by atoms with Gasteiger partial charge in [-0.15, -0.1) is 11.3 Å². The Morgan fingerprint density at radius 3 is 2.70 bits per heavy atom. The zero-order valence-electron chi connectivity index (χ0n) is 17.2. The highest BCUT2D eigenvalue weighted by atomic mass is 32.1. The second-order valence-corrected chi connectivity index (χ2v) is 9.17. The number of oxime groups is 1. The van der Waals surface area contributed by atoms with Crippen LogP contribution in [-0.4, -0.2) is 76.8 Å². The summed E-state index contributed by atoms with van der Waals surface area (Å²) >= 11 is 1.73. The summed E-state index contributed by atoms with van der Waals surface area (Å²) in [6.45, 7) is 8.05. The van der Waals surface area contributed by atoms with Crippen LogP contribution in [0, 0.1) is 12.8 Å². The Kier molecular flexibility index (Phi) is 5.43. The van der Waals surface area contributed by atoms with Crippen LogP contribution in [0.5, 0.6) is 0 Å². The highest BCUT2D eigenvalue weighted by molar-refractivity contribution is 7.09. The van der Waals surface area contributed by atoms with E-state index in [2.05, 4.69) is 26.9 Å². The van der Waals surface area contributed by atoms with Gasteiger partial charge in [0, 0.05) is 49.7 Å². The summed E-state index contributed by atoms with van der Waals surface area (Å²) in [5.74, 6) is 1.56. The van der Waals surface area contributed by atoms with Gasteiger partial charge in [-0.05, 0) is 32.0 Å². The van der Waals surface area contributed by atoms with Gasteiger partial charge in [-0.25, -0.2) is 4.98 Å². The predicted molar refractivity (Wildman–Crippen MR) is 116 cm³/mol. The molecule has 4 heterocycles. The molecule has 0 radical (unpaired) electrons. The minimum atomic E-state index is 0.115. The number of carbonyl (C=O) groups is 1. The molecule has 1 aromatic carbocycles. The molecule has 0 N–H and O–H groups in total. The fraction of sp³-hybridized carbons (Fsp3) is 0.500. The maximum absolute atomic E-state index is 12.7. The molecule has 0 spiro atoms. The van der Waals surface area contributed by atoms with Crippen molar-refractivity contribution in [1.82, 2.24) is 19.7 Å². The van der Waals surface area contributed by atoms with Crippen molar-refractivity contribution in [1.29, 1.82) is 0 Å². The molecule has 2 fully saturated rings. The molecule has 0 aliphatic carbocycles. The minimum absolute atomic E-state index is 0.115. The number of likely N-dealkylation sites (tertiary alicyclic amines) is 1. The van der Waals surface area contributed by atoms with Gasteiger partial charge in [0.25, 0.3) is 5.91 Å². The van der Waals surface area contributed by atoms with E-state index in [1.165, 1.54) is 4.88 Å². The SMILES string of the molecule is Cc1ncsc1CN1CC[C@@H]2C(N3CCN(C(=O)c4ccccc4)CC3)=NO[C@H]2C1. The lowest BCUT2D eigenvalue weighted by Gasteiger charge is -2.39. The van der Waals surface area contributed by atoms with E-state index in [1.54, 1.807) is 11.3 Å². The fourth-order valence-corrected chi connectivity index (χ4v) is 5.41. The Hall–Kier alpha value is -2.45. The molecule has 1 amide bonds. The number of amidine groups is 1. The molecule has 158 valence electrons. The molecular formula is C22H27N5O2S. The monoisotopic (exact) mass is 425 g/mol. The molecule has 30 heavy (non-hydrogen) atoms. The first-order valence-corrected chi connectivity index (χ1v) is 11.5. The number of aryl methyl sites for hydroxylation is 1. The van der Waals surface area contributed by atoms with Crippen LogP contribution in [0.15, 0.2) is 41.0 Å². The van der Waals surface area contributed by atoms with Gasteiger partial charge >= 0.3 is 0 Å². The van der Waals surface area contributed by atoms with Crippen molar-refractivity contribution >= 4 is 23.1 Å². The van der Waals surface area contributed by atoms with Crippen molar-refractivity contribution in [2.75, 3.05) is 39.3 Å². The second-order valence-electron chi connectivity index (χ2n) is 8.23. The minimum Gasteiger partial charge on any atom is -0.389 e. The molecule has 0 saturated carbocycles. The number of nitrogens with zero attached hydrogens (tertiary/aromatic N) is 5. The Bertz CT molecular complexity index is 923. The van der Waals surface area contributed by atoms with Crippen molar-refractivity contribution in [2.45, 2.75) is 26.0 Å². The lowest BCUT2D eigenvalue weighted by atomic mass is 9.92. The number of thiazole rings is 1. The lowest BCUT2D eigenvalue weighted by Crippen LogP contribution is -2.53. The summed E-state index contributed by atoms with van der Waals surface area (Å²) in [4.78, 5) is 31.0. The number of amides is 1. The van der Waals surface area contributed by atoms with Crippen LogP contribution in [0.25, 0.3) is 0 Å². The van der Waals surface area contributed by atoms with E-state index >= 15 is 0 Å². The molecule has 2 saturated heterocycles. The third kappa shape index (κ3) is 3.81. The fourth-order valence-electron chi connectivity index (χ4n) is 4.59. The number of carbonyl (C=O) groups excluding carboxylic acids is 1. The molecule has 0 bridgehead atoms. The molecule has 5 rings (SSSR count). The molecule has 8 heteroatoms. The normalized spacial score (nSPS) is 24.4. The van der Waals surface area contributed by atoms with E-state index in [-0.39, 0.29) is 12.0 Å². The maximum Gasteiger partial charge on any atom is 0.253 e. The average molecular weight is 426 g/mol. The summed E-state index contributed by atoms with van der Waals surface area (Å²) in [5, 5.41) is 4.48. The Balaban J connectivity index is 1.15. The number of fused-ring (bicyclic) bond motifs is 1. The van der Waals surface area contributed by atoms with Crippen molar-refractivity contribution in [3.05, 3.63) is 52.0 Å². The van der Waals surface area contributed by atoms with Crippen LogP contribution in [0.2, 0.25) is 0 Å². The van der Waals surface area contributed by atoms with E-state index in [9.17, 15) is 4.79 Å². The first-order chi connectivity index (χ1) is 14.7. The lowest BCUT2D eigenvalue weighted by molar-refractivity contribution is 0.00383. The first-order valence-electron chi connectivity index (χ1n) is 10.6. The molecular weight excluding hydrogens is 398 g/mol. The van der Waals surface area contributed by atoms with Crippen LogP contribution in [0.1, 0.15) is 27.3 Å². The zero-order chi connectivity index (χ0) is 20.5. The van der Waals surface area contributed by atoms with E-state index < -0.39 is 0 Å². The molecule has 0 unspecified atom stereocenters. The van der Waals surface area contributed by atoms with E-state index in [1.807, 2.05) is 40.7 Å². The maximum atomic E-state index is 12.7. The van der Waals surface area contributed by atoms with E-state index in [0.29, 0.717) is 5.92 Å². The second kappa shape index (κ2) is 8.35. The number of piperazine rings is 1. The quantitative estimate of drug-likeness (QED) is 0.756. The van der Waals surface area contributed by atoms with Gasteiger partial charge in [0.2, 0.25) is 0 Å². The van der Waals surface area contributed by atoms with Gasteiger partial charge < -0.3 is 14.6 Å². The van der Waals surface area contributed by atoms with Gasteiger partial charge in [0.15, 0.2) is 5.84 Å². The van der Waals surface area contributed by atoms with Crippen LogP contribution >= 0.6 is 11.3 Å². The van der Waals surface area contributed by atoms with Crippen LogP contribution in [0.4, 0.5) is 0 Å². The summed E-state index contributed by atoms with van der Waals surface area (Å²) in [6, 6.07) is 9.53. The molecule has 1 aromatic heterocycles. The summed E-state index contributed by atoms with van der Waals surface area (Å²) in [5.41, 5.74) is 3.82. The Morgan fingerprint density at radius 1 is 1.17 bits per heavy atom. The Morgan fingerprint density at radius 2 is 1.97 bits per heavy atom. The smallest absolute Gasteiger partial charge is 0.253 e. The van der Waals surface area contributed by atoms with Gasteiger partial charge in [-0.1, -0.05) is 23.4 Å². The standard InChI is InChI=1S/C22H27N5O2S/c1-16-20(30-15-23-16)14-25-8-7-18-19(13-25)29-24-21(18)26-9-11-27(12-10-26)22(28)17-5-3-2-4-6-17/h2-6,15,18-19H,7-14H2,1H3/t18-,19-/m0/s1. The summed E-state index contributed by atoms with van der Waals surface area (Å²) < 4.78 is 0. The summed E-state index contributed by atoms with van der Waals surface area (Å²) in [6.07, 6.45) is 1.19. The Labute approximate surface area is 180 Å².